The lowest BCUT2D eigenvalue weighted by molar-refractivity contribution is -0.166. The van der Waals surface area contributed by atoms with E-state index in [2.05, 4.69) is 6.58 Å². The molecule has 1 aromatic carbocycles. The first-order valence-electron chi connectivity index (χ1n) is 10.1. The van der Waals surface area contributed by atoms with Crippen molar-refractivity contribution in [2.45, 2.75) is 51.2 Å². The van der Waals surface area contributed by atoms with E-state index >= 15 is 0 Å². The Kier molecular flexibility index (Phi) is 11.7. The van der Waals surface area contributed by atoms with E-state index in [-0.39, 0.29) is 18.8 Å². The number of ketones is 1. The van der Waals surface area contributed by atoms with E-state index < -0.39 is 32.8 Å². The molecule has 1 rings (SSSR count). The van der Waals surface area contributed by atoms with E-state index in [9.17, 15) is 14.7 Å². The van der Waals surface area contributed by atoms with Crippen molar-refractivity contribution < 1.29 is 33.0 Å². The zero-order valence-electron chi connectivity index (χ0n) is 18.3. The Morgan fingerprint density at radius 2 is 1.80 bits per heavy atom. The summed E-state index contributed by atoms with van der Waals surface area (Å²) in [6, 6.07) is 9.04. The van der Waals surface area contributed by atoms with Crippen LogP contribution in [0.2, 0.25) is 12.6 Å². The van der Waals surface area contributed by atoms with Gasteiger partial charge < -0.3 is 23.4 Å². The van der Waals surface area contributed by atoms with Crippen molar-refractivity contribution in [2.75, 3.05) is 20.8 Å². The lowest BCUT2D eigenvalue weighted by atomic mass is 9.91. The fourth-order valence-electron chi connectivity index (χ4n) is 2.97. The zero-order chi connectivity index (χ0) is 22.6. The van der Waals surface area contributed by atoms with Crippen LogP contribution in [0, 0.1) is 5.92 Å². The highest BCUT2D eigenvalue weighted by Gasteiger charge is 2.38. The van der Waals surface area contributed by atoms with E-state index in [0.717, 1.165) is 0 Å². The number of ether oxygens (including phenoxy) is 2. The summed E-state index contributed by atoms with van der Waals surface area (Å²) >= 11 is 0. The maximum absolute atomic E-state index is 13.2. The van der Waals surface area contributed by atoms with Gasteiger partial charge in [-0.2, -0.15) is 0 Å². The fourth-order valence-corrected chi connectivity index (χ4v) is 4.31. The second-order valence-corrected chi connectivity index (χ2v) is 10.7. The summed E-state index contributed by atoms with van der Waals surface area (Å²) in [5, 5.41) is 10.5. The van der Waals surface area contributed by atoms with Gasteiger partial charge >= 0.3 is 14.5 Å². The number of esters is 1. The smallest absolute Gasteiger partial charge is 0.334 e. The van der Waals surface area contributed by atoms with Gasteiger partial charge in [-0.25, -0.2) is 0 Å². The zero-order valence-corrected chi connectivity index (χ0v) is 19.3. The predicted molar refractivity (Wildman–Crippen MR) is 116 cm³/mol. The van der Waals surface area contributed by atoms with Crippen LogP contribution in [0.15, 0.2) is 43.0 Å². The summed E-state index contributed by atoms with van der Waals surface area (Å²) in [5.41, 5.74) is 0.403. The molecule has 0 heterocycles. The minimum Gasteiger partial charge on any atom is -0.461 e. The molecular weight excluding hydrogens is 404 g/mol. The van der Waals surface area contributed by atoms with Gasteiger partial charge in [-0.15, -0.1) is 0 Å². The number of carbonyl (C=O) groups is 2. The maximum Gasteiger partial charge on any atom is 0.334 e. The summed E-state index contributed by atoms with van der Waals surface area (Å²) in [5.74, 6) is -1.76. The summed E-state index contributed by atoms with van der Waals surface area (Å²) < 4.78 is 21.8. The number of benzene rings is 1. The standard InChI is InChI=1S/C22H34O7Si/c1-6-11-18(22(25)28-15-7-2)21(20(24)17-12-9-8-10-13-17)29-19(23)14-16-30(5,26-3)27-4/h7-10,12-13,18-19,21,23H,2,6,11,14-16H2,1,3-5H3. The van der Waals surface area contributed by atoms with E-state index in [1.54, 1.807) is 44.6 Å². The molecule has 0 bridgehead atoms. The molecule has 30 heavy (non-hydrogen) atoms. The summed E-state index contributed by atoms with van der Waals surface area (Å²) in [6.45, 7) is 7.36. The Morgan fingerprint density at radius 1 is 1.17 bits per heavy atom. The molecule has 0 aliphatic carbocycles. The van der Waals surface area contributed by atoms with Crippen LogP contribution in [0.1, 0.15) is 36.5 Å². The Hall–Kier alpha value is -1.84. The molecule has 3 atom stereocenters. The van der Waals surface area contributed by atoms with E-state index in [1.165, 1.54) is 6.08 Å². The topological polar surface area (TPSA) is 91.3 Å². The molecule has 0 aliphatic rings. The highest BCUT2D eigenvalue weighted by molar-refractivity contribution is 6.65. The summed E-state index contributed by atoms with van der Waals surface area (Å²) in [4.78, 5) is 25.8. The lowest BCUT2D eigenvalue weighted by Crippen LogP contribution is -2.42. The molecule has 1 aromatic rings. The van der Waals surface area contributed by atoms with Gasteiger partial charge in [0.05, 0.1) is 5.92 Å². The molecule has 1 N–H and O–H groups in total. The third-order valence-corrected chi connectivity index (χ3v) is 7.86. The Labute approximate surface area is 180 Å². The number of carbonyl (C=O) groups excluding carboxylic acids is 2. The van der Waals surface area contributed by atoms with Gasteiger partial charge in [-0.1, -0.05) is 56.3 Å². The average Bonchev–Trinajstić information content (AvgIpc) is 2.78. The fraction of sp³-hybridized carbons (Fsp3) is 0.545. The van der Waals surface area contributed by atoms with Crippen LogP contribution >= 0.6 is 0 Å². The van der Waals surface area contributed by atoms with Gasteiger partial charge in [0, 0.05) is 26.2 Å². The molecule has 0 aliphatic heterocycles. The Morgan fingerprint density at radius 3 is 2.33 bits per heavy atom. The Bertz CT molecular complexity index is 661. The molecule has 7 nitrogen and oxygen atoms in total. The highest BCUT2D eigenvalue weighted by Crippen LogP contribution is 2.24. The van der Waals surface area contributed by atoms with E-state index in [4.69, 9.17) is 18.3 Å². The first-order chi connectivity index (χ1) is 14.3. The van der Waals surface area contributed by atoms with Crippen LogP contribution < -0.4 is 0 Å². The average molecular weight is 439 g/mol. The first-order valence-corrected chi connectivity index (χ1v) is 12.6. The van der Waals surface area contributed by atoms with Gasteiger partial charge in [0.1, 0.15) is 12.7 Å². The van der Waals surface area contributed by atoms with Crippen LogP contribution in [-0.2, 0) is 23.1 Å². The van der Waals surface area contributed by atoms with E-state index in [0.29, 0.717) is 24.4 Å². The number of hydrogen-bond acceptors (Lipinski definition) is 7. The third-order valence-electron chi connectivity index (χ3n) is 4.94. The largest absolute Gasteiger partial charge is 0.461 e. The van der Waals surface area contributed by atoms with Gasteiger partial charge in [-0.05, 0) is 19.0 Å². The van der Waals surface area contributed by atoms with E-state index in [1.807, 2.05) is 13.5 Å². The molecule has 168 valence electrons. The first kappa shape index (κ1) is 26.2. The number of Topliss-reactive ketones (excluding diaryl/α,β-unsaturated/α-hetero) is 1. The van der Waals surface area contributed by atoms with Gasteiger partial charge in [-0.3, -0.25) is 9.59 Å². The Balaban J connectivity index is 3.07. The van der Waals surface area contributed by atoms with Crippen molar-refractivity contribution in [3.63, 3.8) is 0 Å². The normalized spacial score (nSPS) is 14.6. The van der Waals surface area contributed by atoms with Crippen LogP contribution in [-0.4, -0.2) is 58.6 Å². The molecular formula is C22H34O7Si. The molecule has 0 fully saturated rings. The van der Waals surface area contributed by atoms with Crippen LogP contribution in [0.5, 0.6) is 0 Å². The van der Waals surface area contributed by atoms with Crippen molar-refractivity contribution in [3.05, 3.63) is 48.6 Å². The minimum absolute atomic E-state index is 0.0412. The molecule has 0 saturated carbocycles. The molecule has 8 heteroatoms. The quantitative estimate of drug-likeness (QED) is 0.147. The van der Waals surface area contributed by atoms with Crippen molar-refractivity contribution in [1.29, 1.82) is 0 Å². The SMILES string of the molecule is C=CCOC(=O)C(CCC)C(OC(O)CC[Si](C)(OC)OC)C(=O)c1ccccc1. The summed E-state index contributed by atoms with van der Waals surface area (Å²) in [7, 11) is 0.722. The number of rotatable bonds is 15. The third kappa shape index (κ3) is 8.12. The number of aliphatic hydroxyl groups is 1. The monoisotopic (exact) mass is 438 g/mol. The molecule has 0 saturated heterocycles. The molecule has 0 amide bonds. The molecule has 3 unspecified atom stereocenters. The molecule has 0 spiro atoms. The molecule has 0 aromatic heterocycles. The van der Waals surface area contributed by atoms with Gasteiger partial charge in [0.15, 0.2) is 12.1 Å². The van der Waals surface area contributed by atoms with Crippen LogP contribution in [0.3, 0.4) is 0 Å². The van der Waals surface area contributed by atoms with Crippen molar-refractivity contribution in [3.8, 4) is 0 Å². The highest BCUT2D eigenvalue weighted by atomic mass is 28.4. The minimum atomic E-state index is -2.41. The maximum atomic E-state index is 13.2. The van der Waals surface area contributed by atoms with Gasteiger partial charge in [0.2, 0.25) is 0 Å². The van der Waals surface area contributed by atoms with Crippen molar-refractivity contribution >= 4 is 20.3 Å². The number of hydrogen-bond donors (Lipinski definition) is 1. The van der Waals surface area contributed by atoms with Crippen molar-refractivity contribution in [2.24, 2.45) is 5.92 Å². The molecule has 0 radical (unpaired) electrons. The lowest BCUT2D eigenvalue weighted by Gasteiger charge is -2.28. The van der Waals surface area contributed by atoms with Gasteiger partial charge in [0.25, 0.3) is 0 Å². The second kappa shape index (κ2) is 13.5. The van der Waals surface area contributed by atoms with Crippen LogP contribution in [0.25, 0.3) is 0 Å². The second-order valence-electron chi connectivity index (χ2n) is 7.14. The van der Waals surface area contributed by atoms with Crippen molar-refractivity contribution in [1.82, 2.24) is 0 Å². The van der Waals surface area contributed by atoms with Crippen LogP contribution in [0.4, 0.5) is 0 Å². The predicted octanol–water partition coefficient (Wildman–Crippen LogP) is 3.47. The number of aliphatic hydroxyl groups excluding tert-OH is 1. The summed E-state index contributed by atoms with van der Waals surface area (Å²) in [6.07, 6.45) is 0.275.